The third-order valence-corrected chi connectivity index (χ3v) is 0.408. The van der Waals surface area contributed by atoms with Gasteiger partial charge >= 0.3 is 43.1 Å². The van der Waals surface area contributed by atoms with Gasteiger partial charge in [-0.05, 0) is 6.42 Å². The van der Waals surface area contributed by atoms with Crippen molar-refractivity contribution in [3.63, 3.8) is 0 Å². The van der Waals surface area contributed by atoms with E-state index in [9.17, 15) is 0 Å². The molecule has 0 N–H and O–H groups in total. The van der Waals surface area contributed by atoms with Gasteiger partial charge in [0.05, 0.1) is 0 Å². The van der Waals surface area contributed by atoms with Crippen LogP contribution in [0.5, 0.6) is 0 Å². The minimum absolute atomic E-state index is 1.19. The molecule has 0 atom stereocenters. The molecule has 0 aromatic rings. The van der Waals surface area contributed by atoms with Crippen molar-refractivity contribution in [1.82, 2.24) is 0 Å². The van der Waals surface area contributed by atoms with E-state index in [4.69, 9.17) is 26.8 Å². The van der Waals surface area contributed by atoms with Crippen molar-refractivity contribution in [3.8, 4) is 0 Å². The standard InChI is InChI=1S/C4H9.3ClH.Sn.H/c1-3-4-2;;;;;/h3H,4H2,1-2H3;3*1H;;/q;;;;+3;/p-3. The molecule has 8 heavy (non-hydrogen) atoms. The Morgan fingerprint density at radius 3 is 1.50 bits per heavy atom. The van der Waals surface area contributed by atoms with E-state index in [-0.39, 0.29) is 0 Å². The monoisotopic (exact) mass is 283 g/mol. The Hall–Kier alpha value is 1.67. The molecule has 0 bridgehead atoms. The Balaban J connectivity index is 0. The summed E-state index contributed by atoms with van der Waals surface area (Å²) in [7, 11) is 15.0. The van der Waals surface area contributed by atoms with Crippen molar-refractivity contribution < 1.29 is 0 Å². The molecule has 0 aliphatic carbocycles. The first-order valence-electron chi connectivity index (χ1n) is 2.35. The normalized spacial score (nSPS) is 8.25. The van der Waals surface area contributed by atoms with Gasteiger partial charge in [0.1, 0.15) is 0 Å². The Labute approximate surface area is 69.4 Å². The molecule has 0 aliphatic rings. The average Bonchev–Trinajstić information content (AvgIpc) is 1.65. The summed E-state index contributed by atoms with van der Waals surface area (Å²) in [5.41, 5.74) is 0. The third-order valence-electron chi connectivity index (χ3n) is 0.408. The Kier molecular flexibility index (Phi) is 17.7. The van der Waals surface area contributed by atoms with Gasteiger partial charge in [-0.2, -0.15) is 0 Å². The maximum absolute atomic E-state index is 5.02. The Morgan fingerprint density at radius 1 is 1.38 bits per heavy atom. The zero-order valence-electron chi connectivity index (χ0n) is 5.00. The molecule has 0 rings (SSSR count). The Morgan fingerprint density at radius 2 is 1.50 bits per heavy atom. The van der Waals surface area contributed by atoms with E-state index in [0.29, 0.717) is 0 Å². The predicted molar refractivity (Wildman–Crippen MR) is 45.0 cm³/mol. The van der Waals surface area contributed by atoms with Gasteiger partial charge in [0.25, 0.3) is 0 Å². The van der Waals surface area contributed by atoms with Crippen LogP contribution in [0.4, 0.5) is 0 Å². The van der Waals surface area contributed by atoms with Gasteiger partial charge in [0.15, 0.2) is 0 Å². The number of unbranched alkanes of at least 4 members (excludes halogenated alkanes) is 1. The molecule has 0 amide bonds. The van der Waals surface area contributed by atoms with Crippen LogP contribution in [0.3, 0.4) is 0 Å². The quantitative estimate of drug-likeness (QED) is 0.649. The summed E-state index contributed by atoms with van der Waals surface area (Å²) in [5, 5.41) is 0. The van der Waals surface area contributed by atoms with Crippen LogP contribution in [0.1, 0.15) is 20.3 Å². The van der Waals surface area contributed by atoms with E-state index in [1.165, 1.54) is 6.42 Å². The fraction of sp³-hybridized carbons (Fsp3) is 0.750. The van der Waals surface area contributed by atoms with Crippen LogP contribution in [0.15, 0.2) is 0 Å². The fourth-order valence-electron chi connectivity index (χ4n) is 0. The summed E-state index contributed by atoms with van der Waals surface area (Å²) in [4.78, 5) is 0. The van der Waals surface area contributed by atoms with Crippen LogP contribution < -0.4 is 0 Å². The second-order valence-electron chi connectivity index (χ2n) is 1.06. The fourth-order valence-corrected chi connectivity index (χ4v) is 0. The molecule has 51 valence electrons. The number of halogens is 3. The summed E-state index contributed by atoms with van der Waals surface area (Å²) in [6, 6.07) is 0. The van der Waals surface area contributed by atoms with E-state index < -0.39 is 16.4 Å². The van der Waals surface area contributed by atoms with Crippen LogP contribution in [-0.2, 0) is 0 Å². The molecule has 0 spiro atoms. The van der Waals surface area contributed by atoms with Crippen molar-refractivity contribution in [2.45, 2.75) is 20.3 Å². The van der Waals surface area contributed by atoms with Gasteiger partial charge in [-0.15, -0.1) is 0 Å². The summed E-state index contributed by atoms with van der Waals surface area (Å²) in [6.07, 6.45) is 3.32. The molecular formula is C4H10Cl3Sn. The van der Waals surface area contributed by atoms with Crippen LogP contribution >= 0.6 is 26.8 Å². The van der Waals surface area contributed by atoms with E-state index in [2.05, 4.69) is 20.3 Å². The van der Waals surface area contributed by atoms with Crippen LogP contribution in [0, 0.1) is 6.42 Å². The second-order valence-corrected chi connectivity index (χ2v) is 15.8. The molecule has 0 saturated carbocycles. The molecule has 1 radical (unpaired) electrons. The zero-order valence-corrected chi connectivity index (χ0v) is 10.6. The van der Waals surface area contributed by atoms with Crippen LogP contribution in [0.25, 0.3) is 0 Å². The molecule has 0 fully saturated rings. The van der Waals surface area contributed by atoms with E-state index in [0.717, 1.165) is 0 Å². The first-order chi connectivity index (χ1) is 3.65. The molecule has 4 heteroatoms. The molecular weight excluding hydrogens is 273 g/mol. The number of hydrogen-bond acceptors (Lipinski definition) is 0. The van der Waals surface area contributed by atoms with Gasteiger partial charge < -0.3 is 0 Å². The number of rotatable bonds is 1. The first-order valence-corrected chi connectivity index (χ1v) is 14.9. The zero-order chi connectivity index (χ0) is 6.99. The van der Waals surface area contributed by atoms with Gasteiger partial charge in [0.2, 0.25) is 0 Å². The molecule has 0 aliphatic heterocycles. The van der Waals surface area contributed by atoms with E-state index in [1.807, 2.05) is 0 Å². The van der Waals surface area contributed by atoms with Crippen LogP contribution in [0.2, 0.25) is 0 Å². The molecule has 0 nitrogen and oxygen atoms in total. The van der Waals surface area contributed by atoms with E-state index >= 15 is 0 Å². The average molecular weight is 283 g/mol. The predicted octanol–water partition coefficient (Wildman–Crippen LogP) is 3.04. The van der Waals surface area contributed by atoms with Crippen molar-refractivity contribution in [2.24, 2.45) is 0 Å². The Bertz CT molecular complexity index is 27.7. The maximum atomic E-state index is 5.02. The van der Waals surface area contributed by atoms with Gasteiger partial charge in [-0.1, -0.05) is 20.3 Å². The van der Waals surface area contributed by atoms with Gasteiger partial charge in [0, 0.05) is 0 Å². The van der Waals surface area contributed by atoms with Crippen molar-refractivity contribution >= 4 is 43.1 Å². The molecule has 0 unspecified atom stereocenters. The summed E-state index contributed by atoms with van der Waals surface area (Å²) in [6.45, 7) is 4.18. The summed E-state index contributed by atoms with van der Waals surface area (Å²) >= 11 is -2.22. The molecule has 0 heterocycles. The van der Waals surface area contributed by atoms with Crippen LogP contribution in [-0.4, -0.2) is 16.4 Å². The SMILES string of the molecule is C[CH]CC.[Cl][SnH]([Cl])[Cl]. The van der Waals surface area contributed by atoms with Crippen molar-refractivity contribution in [2.75, 3.05) is 0 Å². The first kappa shape index (κ1) is 12.4. The van der Waals surface area contributed by atoms with Gasteiger partial charge in [-0.3, -0.25) is 0 Å². The number of hydrogen-bond donors (Lipinski definition) is 0. The van der Waals surface area contributed by atoms with Crippen molar-refractivity contribution in [1.29, 1.82) is 0 Å². The van der Waals surface area contributed by atoms with Gasteiger partial charge in [-0.25, -0.2) is 0 Å². The molecule has 0 aromatic carbocycles. The summed E-state index contributed by atoms with van der Waals surface area (Å²) in [5.74, 6) is 0. The molecule has 0 saturated heterocycles. The van der Waals surface area contributed by atoms with E-state index in [1.54, 1.807) is 0 Å². The second kappa shape index (κ2) is 11.5. The molecule has 0 aromatic heterocycles. The topological polar surface area (TPSA) is 0 Å². The van der Waals surface area contributed by atoms with Crippen molar-refractivity contribution in [3.05, 3.63) is 6.42 Å². The third kappa shape index (κ3) is 47.9. The summed E-state index contributed by atoms with van der Waals surface area (Å²) < 4.78 is 0. The minimum atomic E-state index is -2.22.